The predicted octanol–water partition coefficient (Wildman–Crippen LogP) is 4.64. The van der Waals surface area contributed by atoms with E-state index in [9.17, 15) is 19.2 Å². The first-order chi connectivity index (χ1) is 17.5. The van der Waals surface area contributed by atoms with E-state index in [0.29, 0.717) is 16.9 Å². The fourth-order valence-corrected chi connectivity index (χ4v) is 5.02. The molecule has 1 atom stereocenters. The molecule has 1 unspecified atom stereocenters. The zero-order valence-corrected chi connectivity index (χ0v) is 22.0. The van der Waals surface area contributed by atoms with Gasteiger partial charge in [-0.15, -0.1) is 0 Å². The van der Waals surface area contributed by atoms with E-state index in [1.807, 2.05) is 19.1 Å². The zero-order valence-electron chi connectivity index (χ0n) is 22.0. The number of nitrogens with one attached hydrogen (secondary N) is 1. The summed E-state index contributed by atoms with van der Waals surface area (Å²) in [5, 5.41) is 2.67. The van der Waals surface area contributed by atoms with Crippen molar-refractivity contribution in [2.45, 2.75) is 65.0 Å². The summed E-state index contributed by atoms with van der Waals surface area (Å²) < 4.78 is 5.41. The Bertz CT molecular complexity index is 1200. The van der Waals surface area contributed by atoms with Crippen LogP contribution in [0.1, 0.15) is 62.4 Å². The number of aryl methyl sites for hydroxylation is 1. The van der Waals surface area contributed by atoms with Gasteiger partial charge in [-0.1, -0.05) is 49.2 Å². The quantitative estimate of drug-likeness (QED) is 0.597. The van der Waals surface area contributed by atoms with Crippen molar-refractivity contribution in [1.29, 1.82) is 0 Å². The number of rotatable bonds is 5. The summed E-state index contributed by atoms with van der Waals surface area (Å²) in [5.41, 5.74) is 1.59. The first kappa shape index (κ1) is 26.4. The van der Waals surface area contributed by atoms with Crippen LogP contribution in [0, 0.1) is 12.8 Å². The van der Waals surface area contributed by atoms with Crippen LogP contribution < -0.4 is 15.1 Å². The van der Waals surface area contributed by atoms with Gasteiger partial charge >= 0.3 is 6.09 Å². The molecule has 1 fully saturated rings. The number of carbonyl (C=O) groups excluding carboxylic acids is 4. The SMILES string of the molecule is Cc1ccccc1C(=O)CN1C(=O)C(NC(=O)OC(C)(C)C)CN(C(=O)C2CCCC2)c2ccccc21. The lowest BCUT2D eigenvalue weighted by Crippen LogP contribution is -2.54. The third-order valence-corrected chi connectivity index (χ3v) is 6.80. The normalized spacial score (nSPS) is 18.3. The number of alkyl carbamates (subject to hydrolysis) is 1. The molecule has 3 amide bonds. The maximum Gasteiger partial charge on any atom is 0.408 e. The fourth-order valence-electron chi connectivity index (χ4n) is 5.02. The highest BCUT2D eigenvalue weighted by atomic mass is 16.6. The van der Waals surface area contributed by atoms with Crippen molar-refractivity contribution in [3.8, 4) is 0 Å². The molecule has 0 aromatic heterocycles. The number of carbonyl (C=O) groups is 4. The van der Waals surface area contributed by atoms with Crippen LogP contribution in [-0.4, -0.2) is 48.4 Å². The average molecular weight is 506 g/mol. The lowest BCUT2D eigenvalue weighted by atomic mass is 10.0. The topological polar surface area (TPSA) is 96.0 Å². The molecule has 0 saturated heterocycles. The van der Waals surface area contributed by atoms with Gasteiger partial charge in [0.05, 0.1) is 24.5 Å². The maximum absolute atomic E-state index is 13.9. The summed E-state index contributed by atoms with van der Waals surface area (Å²) in [6, 6.07) is 13.2. The predicted molar refractivity (Wildman–Crippen MR) is 142 cm³/mol. The lowest BCUT2D eigenvalue weighted by molar-refractivity contribution is -0.122. The van der Waals surface area contributed by atoms with Gasteiger partial charge < -0.3 is 19.9 Å². The molecule has 1 N–H and O–H groups in total. The maximum atomic E-state index is 13.9. The molecular weight excluding hydrogens is 470 g/mol. The number of ketones is 1. The molecule has 8 heteroatoms. The number of anilines is 2. The minimum atomic E-state index is -1.09. The van der Waals surface area contributed by atoms with Crippen LogP contribution in [0.2, 0.25) is 0 Å². The zero-order chi connectivity index (χ0) is 26.7. The molecule has 4 rings (SSSR count). The van der Waals surface area contributed by atoms with Gasteiger partial charge in [0.25, 0.3) is 5.91 Å². The molecule has 2 aromatic carbocycles. The van der Waals surface area contributed by atoms with Gasteiger partial charge in [-0.25, -0.2) is 4.79 Å². The molecule has 1 heterocycles. The van der Waals surface area contributed by atoms with Crippen LogP contribution in [0.3, 0.4) is 0 Å². The van der Waals surface area contributed by atoms with Gasteiger partial charge in [0.15, 0.2) is 5.78 Å². The Labute approximate surface area is 218 Å². The van der Waals surface area contributed by atoms with Crippen molar-refractivity contribution < 1.29 is 23.9 Å². The van der Waals surface area contributed by atoms with E-state index >= 15 is 0 Å². The van der Waals surface area contributed by atoms with E-state index in [1.54, 1.807) is 62.1 Å². The van der Waals surface area contributed by atoms with Gasteiger partial charge in [-0.3, -0.25) is 14.4 Å². The largest absolute Gasteiger partial charge is 0.444 e. The summed E-state index contributed by atoms with van der Waals surface area (Å²) in [7, 11) is 0. The molecule has 1 aliphatic heterocycles. The Kier molecular flexibility index (Phi) is 7.66. The smallest absolute Gasteiger partial charge is 0.408 e. The molecule has 0 radical (unpaired) electrons. The monoisotopic (exact) mass is 505 g/mol. The minimum absolute atomic E-state index is 0.0422. The van der Waals surface area contributed by atoms with Gasteiger partial charge in [-0.2, -0.15) is 0 Å². The van der Waals surface area contributed by atoms with Gasteiger partial charge in [0, 0.05) is 11.5 Å². The Balaban J connectivity index is 1.73. The summed E-state index contributed by atoms with van der Waals surface area (Å²) in [5.74, 6) is -0.902. The standard InChI is InChI=1S/C29H35N3O5/c1-19-11-5-8-14-21(19)25(33)18-32-24-16-10-9-15-23(24)31(26(34)20-12-6-7-13-20)17-22(27(32)35)30-28(36)37-29(2,3)4/h5,8-11,14-16,20,22H,6-7,12-13,17-18H2,1-4H3,(H,30,36). The summed E-state index contributed by atoms with van der Waals surface area (Å²) >= 11 is 0. The number of hydrogen-bond acceptors (Lipinski definition) is 5. The van der Waals surface area contributed by atoms with Crippen LogP contribution in [0.4, 0.5) is 16.2 Å². The molecule has 0 spiro atoms. The van der Waals surface area contributed by atoms with Crippen molar-refractivity contribution in [2.75, 3.05) is 22.9 Å². The van der Waals surface area contributed by atoms with Crippen molar-refractivity contribution in [3.05, 3.63) is 59.7 Å². The van der Waals surface area contributed by atoms with Crippen LogP contribution in [0.25, 0.3) is 0 Å². The molecule has 37 heavy (non-hydrogen) atoms. The lowest BCUT2D eigenvalue weighted by Gasteiger charge is -2.28. The molecule has 8 nitrogen and oxygen atoms in total. The summed E-state index contributed by atoms with van der Waals surface area (Å²) in [6.45, 7) is 6.79. The van der Waals surface area contributed by atoms with E-state index in [1.165, 1.54) is 4.90 Å². The van der Waals surface area contributed by atoms with E-state index < -0.39 is 23.6 Å². The Morgan fingerprint density at radius 2 is 1.59 bits per heavy atom. The van der Waals surface area contributed by atoms with Crippen LogP contribution >= 0.6 is 0 Å². The first-order valence-electron chi connectivity index (χ1n) is 12.9. The number of hydrogen-bond donors (Lipinski definition) is 1. The highest BCUT2D eigenvalue weighted by Gasteiger charge is 2.40. The minimum Gasteiger partial charge on any atom is -0.444 e. The third kappa shape index (κ3) is 6.01. The highest BCUT2D eigenvalue weighted by molar-refractivity contribution is 6.12. The molecular formula is C29H35N3O5. The van der Waals surface area contributed by atoms with Crippen molar-refractivity contribution in [1.82, 2.24) is 5.32 Å². The fraction of sp³-hybridized carbons (Fsp3) is 0.448. The Hall–Kier alpha value is -3.68. The van der Waals surface area contributed by atoms with Crippen LogP contribution in [-0.2, 0) is 14.3 Å². The van der Waals surface area contributed by atoms with Crippen molar-refractivity contribution >= 4 is 35.1 Å². The number of ether oxygens (including phenoxy) is 1. The van der Waals surface area contributed by atoms with E-state index in [0.717, 1.165) is 31.2 Å². The average Bonchev–Trinajstić information content (AvgIpc) is 3.35. The van der Waals surface area contributed by atoms with E-state index in [2.05, 4.69) is 5.32 Å². The second-order valence-corrected chi connectivity index (χ2v) is 10.8. The molecule has 2 aliphatic rings. The second-order valence-electron chi connectivity index (χ2n) is 10.8. The van der Waals surface area contributed by atoms with Crippen molar-refractivity contribution in [2.24, 2.45) is 5.92 Å². The number of para-hydroxylation sites is 2. The Morgan fingerprint density at radius 1 is 0.973 bits per heavy atom. The Morgan fingerprint density at radius 3 is 2.24 bits per heavy atom. The molecule has 0 bridgehead atoms. The second kappa shape index (κ2) is 10.7. The first-order valence-corrected chi connectivity index (χ1v) is 12.9. The van der Waals surface area contributed by atoms with E-state index in [4.69, 9.17) is 4.74 Å². The van der Waals surface area contributed by atoms with Gasteiger partial charge in [0.2, 0.25) is 5.91 Å². The van der Waals surface area contributed by atoms with Gasteiger partial charge in [0.1, 0.15) is 11.6 Å². The molecule has 1 aliphatic carbocycles. The number of Topliss-reactive ketones (excluding diaryl/α,β-unsaturated/α-hetero) is 1. The number of fused-ring (bicyclic) bond motifs is 1. The number of nitrogens with zero attached hydrogens (tertiary/aromatic N) is 2. The third-order valence-electron chi connectivity index (χ3n) is 6.80. The molecule has 2 aromatic rings. The summed E-state index contributed by atoms with van der Waals surface area (Å²) in [6.07, 6.45) is 2.81. The van der Waals surface area contributed by atoms with Crippen LogP contribution in [0.15, 0.2) is 48.5 Å². The van der Waals surface area contributed by atoms with Crippen molar-refractivity contribution in [3.63, 3.8) is 0 Å². The van der Waals surface area contributed by atoms with Crippen LogP contribution in [0.5, 0.6) is 0 Å². The summed E-state index contributed by atoms with van der Waals surface area (Å²) in [4.78, 5) is 56.6. The number of amides is 3. The van der Waals surface area contributed by atoms with Gasteiger partial charge in [-0.05, 0) is 58.2 Å². The highest BCUT2D eigenvalue weighted by Crippen LogP contribution is 2.36. The molecule has 1 saturated carbocycles. The van der Waals surface area contributed by atoms with E-state index in [-0.39, 0.29) is 30.7 Å². The molecule has 196 valence electrons. The number of benzene rings is 2.